The highest BCUT2D eigenvalue weighted by Crippen LogP contribution is 2.76. The zero-order valence-corrected chi connectivity index (χ0v) is 74.9. The molecule has 11 fully saturated rings. The Hall–Kier alpha value is -4.03. The van der Waals surface area contributed by atoms with Crippen molar-refractivity contribution < 1.29 is 207 Å². The highest BCUT2D eigenvalue weighted by molar-refractivity contribution is 5.80. The van der Waals surface area contributed by atoms with Crippen molar-refractivity contribution in [2.45, 2.75) is 413 Å². The average Bonchev–Trinajstić information content (AvgIpc) is 0.970. The third-order valence-electron chi connectivity index (χ3n) is 31.4. The number of aliphatic hydroxyl groups excluding tert-OH is 20. The Morgan fingerprint density at radius 1 is 0.504 bits per heavy atom. The lowest BCUT2D eigenvalue weighted by Gasteiger charge is -2.71. The topological polar surface area (TPSA) is 658 Å². The molecular formula is C87H140O42. The molecule has 0 aromatic carbocycles. The van der Waals surface area contributed by atoms with Gasteiger partial charge in [0.05, 0.1) is 87.4 Å². The number of allylic oxidation sites excluding steroid dienone is 2. The van der Waals surface area contributed by atoms with Crippen LogP contribution in [0, 0.1) is 62.1 Å². The van der Waals surface area contributed by atoms with Gasteiger partial charge in [-0.15, -0.1) is 0 Å². The first-order valence-electron chi connectivity index (χ1n) is 45.4. The number of aliphatic carboxylic acids is 1. The number of carbonyl (C=O) groups is 5. The number of rotatable bonds is 32. The van der Waals surface area contributed by atoms with Gasteiger partial charge in [0.25, 0.3) is 0 Å². The molecule has 48 atom stereocenters. The van der Waals surface area contributed by atoms with Crippen LogP contribution < -0.4 is 0 Å². The van der Waals surface area contributed by atoms with Gasteiger partial charge in [-0.25, -0.2) is 4.79 Å². The molecule has 42 nitrogen and oxygen atoms in total. The van der Waals surface area contributed by atoms with Crippen molar-refractivity contribution in [1.82, 2.24) is 0 Å². The van der Waals surface area contributed by atoms with E-state index in [1.165, 1.54) is 13.8 Å². The van der Waals surface area contributed by atoms with Gasteiger partial charge in [0, 0.05) is 12.8 Å². The largest absolute Gasteiger partial charge is 0.479 e. The number of aldehydes is 1. The van der Waals surface area contributed by atoms with E-state index in [-0.39, 0.29) is 43.9 Å². The van der Waals surface area contributed by atoms with E-state index in [4.69, 9.17) is 75.8 Å². The summed E-state index contributed by atoms with van der Waals surface area (Å²) in [6.45, 7) is 19.4. The summed E-state index contributed by atoms with van der Waals surface area (Å²) in [5.74, 6) is -7.05. The maximum Gasteiger partial charge on any atom is 0.335 e. The van der Waals surface area contributed by atoms with Crippen LogP contribution in [0.5, 0.6) is 0 Å². The van der Waals surface area contributed by atoms with Gasteiger partial charge in [0.1, 0.15) is 140 Å². The minimum absolute atomic E-state index is 0.0335. The van der Waals surface area contributed by atoms with Crippen molar-refractivity contribution in [1.29, 1.82) is 0 Å². The first-order chi connectivity index (χ1) is 60.5. The second kappa shape index (κ2) is 41.3. The summed E-state index contributed by atoms with van der Waals surface area (Å²) in [7, 11) is 0. The molecule has 4 saturated carbocycles. The molecule has 12 aliphatic rings. The van der Waals surface area contributed by atoms with E-state index in [1.54, 1.807) is 20.8 Å². The first-order valence-corrected chi connectivity index (χ1v) is 45.4. The minimum Gasteiger partial charge on any atom is -0.479 e. The lowest BCUT2D eigenvalue weighted by molar-refractivity contribution is -0.391. The van der Waals surface area contributed by atoms with Gasteiger partial charge in [-0.3, -0.25) is 14.4 Å². The van der Waals surface area contributed by atoms with Crippen molar-refractivity contribution in [3.8, 4) is 0 Å². The molecule has 0 aromatic rings. The van der Waals surface area contributed by atoms with Gasteiger partial charge in [-0.2, -0.15) is 0 Å². The van der Waals surface area contributed by atoms with Crippen LogP contribution in [0.2, 0.25) is 0 Å². The van der Waals surface area contributed by atoms with Crippen LogP contribution >= 0.6 is 0 Å². The quantitative estimate of drug-likeness (QED) is 0.00999. The van der Waals surface area contributed by atoms with Gasteiger partial charge in [-0.1, -0.05) is 93.7 Å². The Labute approximate surface area is 747 Å². The van der Waals surface area contributed by atoms with Crippen molar-refractivity contribution in [2.75, 3.05) is 26.4 Å². The maximum absolute atomic E-state index is 16.2. The summed E-state index contributed by atoms with van der Waals surface area (Å²) in [5, 5.41) is 233. The fourth-order valence-corrected chi connectivity index (χ4v) is 22.9. The summed E-state index contributed by atoms with van der Waals surface area (Å²) >= 11 is 0. The Bertz CT molecular complexity index is 3790. The van der Waals surface area contributed by atoms with Crippen molar-refractivity contribution >= 4 is 30.2 Å². The highest BCUT2D eigenvalue weighted by Gasteiger charge is 2.73. The molecule has 16 unspecified atom stereocenters. The van der Waals surface area contributed by atoms with Gasteiger partial charge in [-0.05, 0) is 123 Å². The molecule has 0 aromatic heterocycles. The van der Waals surface area contributed by atoms with E-state index in [0.717, 1.165) is 11.9 Å². The van der Waals surface area contributed by atoms with Crippen LogP contribution in [0.15, 0.2) is 11.6 Å². The highest BCUT2D eigenvalue weighted by atomic mass is 16.8. The SMILES string of the molecule is CC[C@H](C)[C@H](C[C@H](O)CC(=O)O[C@@H]1C(C)O[C@@H](OC(=O)[C@]23CCC(C)(C)CC2C2=CCC4[C@@]5(C)CC[C@H](O[C@@H]6OC(C(=O)O)[C@@H](O)[C@H](O[C@@H]7OC[C@@H](O)[C@H](O)C7O)C6O[C@@H]6OC(CO)[C@H](O)[C@H](O)C6O)[C@@](C)(C=O)C5CC[C@@]4(C)[C@]2(C)C[C@H]3O)[C@H](O[C@@H]2OC(C)[C@H](OC3OCC(O)[C@H](O)[C@@H]3O)[C@H](O)C2O)C1O)OC(=O)C[C@@H](O)C[C@H](O[C@@H]1O[C@@H](CO)C(O)C1O)[C@@H](C)CC. The molecule has 12 rings (SSSR count). The van der Waals surface area contributed by atoms with Gasteiger partial charge < -0.3 is 188 Å². The number of aliphatic hydroxyl groups is 20. The lowest BCUT2D eigenvalue weighted by Crippen LogP contribution is -2.69. The molecule has 42 heteroatoms. The third-order valence-corrected chi connectivity index (χ3v) is 31.4. The normalized spacial score (nSPS) is 48.4. The van der Waals surface area contributed by atoms with Crippen LogP contribution in [0.4, 0.5) is 0 Å². The predicted molar refractivity (Wildman–Crippen MR) is 431 cm³/mol. The number of hydrogen-bond donors (Lipinski definition) is 21. The van der Waals surface area contributed by atoms with Crippen LogP contribution in [0.1, 0.15) is 179 Å². The second-order valence-electron chi connectivity index (χ2n) is 40.1. The zero-order chi connectivity index (χ0) is 94.9. The third kappa shape index (κ3) is 20.2. The fraction of sp³-hybridized carbons (Fsp3) is 0.920. The number of esters is 3. The minimum atomic E-state index is -2.25. The van der Waals surface area contributed by atoms with E-state index in [9.17, 15) is 126 Å². The van der Waals surface area contributed by atoms with E-state index in [1.807, 2.05) is 27.7 Å². The number of hydrogen-bond acceptors (Lipinski definition) is 41. The summed E-state index contributed by atoms with van der Waals surface area (Å²) in [6.07, 6.45) is -61.3. The molecule has 0 bridgehead atoms. The van der Waals surface area contributed by atoms with E-state index in [0.29, 0.717) is 51.4 Å². The molecule has 740 valence electrons. The molecule has 0 radical (unpaired) electrons. The van der Waals surface area contributed by atoms with Crippen LogP contribution in [-0.4, -0.2) is 397 Å². The maximum atomic E-state index is 16.2. The number of carboxylic acid groups (broad SMARTS) is 1. The standard InChI is InChI=1S/C87H140O42/c1-13-34(3)44(118-52(96)25-39(92)24-45(35(4)14-2)119-77-62(106)57(101)47(30-89)120-77)23-38(91)26-53(97)123-68-37(6)117-79(71(65(68)109)127-76-64(108)59(103)67(36(5)116-76)124-74-60(104)54(98)42(93)31-114-74)129-81(113)87-22-21-82(7,8)27-41(87)40-15-16-49-83(9)19-18-51(84(10,33-90)48(83)17-20-85(49,11)86(40,12)28-50(87)95)122-80-72(128-78-63(107)58(102)56(100)46(29-88)121-78)69(66(110)70(126-80)73(111)112)125-75-61(105)55(99)43(94)32-115-75/h15,33-39,41-51,54-72,74-80,88-89,91-95,98-110H,13-14,16-32H2,1-12H3,(H,111,112)/t34-,35-,36?,37?,38-,39-,41?,42?,43+,44-,45-,46?,47-,48?,49?,50+,51-,54-,55-,56-,57?,58-,59+,60-,61?,62?,63?,64?,65?,66-,67-,68+,69-,70?,71+,72?,74?,75-,76-,77+,78-,79-,80+,83-,84-,85+,86+,87+/m0/s1. The Morgan fingerprint density at radius 3 is 1.62 bits per heavy atom. The van der Waals surface area contributed by atoms with E-state index in [2.05, 4.69) is 26.8 Å². The van der Waals surface area contributed by atoms with Gasteiger partial charge in [0.2, 0.25) is 6.29 Å². The first kappa shape index (κ1) is 104. The van der Waals surface area contributed by atoms with Crippen molar-refractivity contribution in [3.05, 3.63) is 11.6 Å². The number of fused-ring (bicyclic) bond motifs is 7. The average molecular weight is 1860 g/mol. The van der Waals surface area contributed by atoms with Gasteiger partial charge >= 0.3 is 23.9 Å². The summed E-state index contributed by atoms with van der Waals surface area (Å²) < 4.78 is 96.6. The van der Waals surface area contributed by atoms with Crippen LogP contribution in [-0.2, 0) is 99.8 Å². The molecule has 0 spiro atoms. The Kier molecular flexibility index (Phi) is 33.3. The summed E-state index contributed by atoms with van der Waals surface area (Å²) in [6, 6.07) is 0. The van der Waals surface area contributed by atoms with E-state index < -0.39 is 347 Å². The van der Waals surface area contributed by atoms with Crippen molar-refractivity contribution in [3.63, 3.8) is 0 Å². The molecule has 0 amide bonds. The summed E-state index contributed by atoms with van der Waals surface area (Å²) in [4.78, 5) is 71.7. The van der Waals surface area contributed by atoms with E-state index >= 15 is 4.79 Å². The lowest BCUT2D eigenvalue weighted by atomic mass is 9.33. The Morgan fingerprint density at radius 2 is 1.02 bits per heavy atom. The van der Waals surface area contributed by atoms with Crippen molar-refractivity contribution in [2.24, 2.45) is 62.1 Å². The number of ether oxygens (including phenoxy) is 16. The smallest absolute Gasteiger partial charge is 0.335 e. The number of carbonyl (C=O) groups excluding carboxylic acids is 4. The molecule has 7 saturated heterocycles. The Balaban J connectivity index is 0.785. The molecule has 129 heavy (non-hydrogen) atoms. The van der Waals surface area contributed by atoms with Crippen LogP contribution in [0.25, 0.3) is 0 Å². The zero-order valence-electron chi connectivity index (χ0n) is 74.9. The van der Waals surface area contributed by atoms with Crippen LogP contribution in [0.3, 0.4) is 0 Å². The predicted octanol–water partition coefficient (Wildman–Crippen LogP) is -4.15. The molecular weight excluding hydrogens is 1720 g/mol. The monoisotopic (exact) mass is 1860 g/mol. The molecule has 7 aliphatic heterocycles. The molecule has 7 heterocycles. The molecule has 5 aliphatic carbocycles. The fourth-order valence-electron chi connectivity index (χ4n) is 22.9. The number of carboxylic acids is 1. The molecule has 21 N–H and O–H groups in total. The van der Waals surface area contributed by atoms with Gasteiger partial charge in [0.15, 0.2) is 56.1 Å². The second-order valence-corrected chi connectivity index (χ2v) is 40.1. The summed E-state index contributed by atoms with van der Waals surface area (Å²) in [5.41, 5.74) is -5.35.